The molecule has 5 rings (SSSR count). The highest BCUT2D eigenvalue weighted by atomic mass is 17.1. The third-order valence-electron chi connectivity index (χ3n) is 6.51. The van der Waals surface area contributed by atoms with Gasteiger partial charge < -0.3 is 34.1 Å². The van der Waals surface area contributed by atoms with Crippen LogP contribution in [0.15, 0.2) is 84.9 Å². The van der Waals surface area contributed by atoms with Gasteiger partial charge in [-0.1, -0.05) is 30.3 Å². The lowest BCUT2D eigenvalue weighted by atomic mass is 10.1. The molecule has 1 aliphatic heterocycles. The molecule has 0 atom stereocenters. The fraction of sp³-hybridized carbons (Fsp3) is 0.281. The molecule has 1 amide bonds. The number of ether oxygens (including phenoxy) is 4. The Morgan fingerprint density at radius 3 is 2.29 bits per heavy atom. The lowest BCUT2D eigenvalue weighted by Crippen LogP contribution is -2.48. The van der Waals surface area contributed by atoms with Crippen LogP contribution in [0.25, 0.3) is 10.8 Å². The first-order valence-electron chi connectivity index (χ1n) is 13.4. The van der Waals surface area contributed by atoms with Gasteiger partial charge in [0.15, 0.2) is 5.75 Å². The van der Waals surface area contributed by atoms with Crippen molar-refractivity contribution >= 4 is 22.4 Å². The van der Waals surface area contributed by atoms with E-state index in [-0.39, 0.29) is 5.91 Å². The largest absolute Gasteiger partial charge is 0.497 e. The highest BCUT2D eigenvalue weighted by Gasteiger charge is 2.18. The number of hydrogen-bond donors (Lipinski definition) is 2. The summed E-state index contributed by atoms with van der Waals surface area (Å²) in [7, 11) is 3.28. The molecular weight excluding hydrogens is 524 g/mol. The first-order valence-corrected chi connectivity index (χ1v) is 13.4. The molecule has 4 aromatic rings. The topological polar surface area (TPSA) is 98.7 Å². The molecule has 2 N–H and O–H groups in total. The molecule has 1 heterocycles. The van der Waals surface area contributed by atoms with Crippen LogP contribution in [-0.4, -0.2) is 58.2 Å². The number of anilines is 1. The van der Waals surface area contributed by atoms with E-state index in [2.05, 4.69) is 10.2 Å². The summed E-state index contributed by atoms with van der Waals surface area (Å²) in [6, 6.07) is 26.6. The molecule has 0 saturated carbocycles. The molecular formula is C32H36N2O7. The van der Waals surface area contributed by atoms with Crippen LogP contribution in [0.5, 0.6) is 23.0 Å². The highest BCUT2D eigenvalue weighted by Crippen LogP contribution is 2.25. The van der Waals surface area contributed by atoms with Crippen LogP contribution in [-0.2, 0) is 16.1 Å². The Kier molecular flexibility index (Phi) is 11.2. The van der Waals surface area contributed by atoms with Crippen LogP contribution >= 0.6 is 0 Å². The number of para-hydroxylation sites is 1. The van der Waals surface area contributed by atoms with Gasteiger partial charge in [0.1, 0.15) is 17.2 Å². The zero-order valence-electron chi connectivity index (χ0n) is 23.4. The third-order valence-corrected chi connectivity index (χ3v) is 6.51. The maximum Gasteiger partial charge on any atom is 0.240 e. The van der Waals surface area contributed by atoms with Gasteiger partial charge in [0.2, 0.25) is 5.91 Å². The number of carbonyl (C=O) groups excluding carboxylic acids is 1. The number of nitrogens with one attached hydrogen (secondary N) is 1. The summed E-state index contributed by atoms with van der Waals surface area (Å²) in [4.78, 5) is 17.9. The summed E-state index contributed by atoms with van der Waals surface area (Å²) < 4.78 is 21.9. The molecule has 0 spiro atoms. The number of benzene rings is 4. The lowest BCUT2D eigenvalue weighted by molar-refractivity contribution is -0.137. The second-order valence-corrected chi connectivity index (χ2v) is 9.25. The Labute approximate surface area is 240 Å². The Bertz CT molecular complexity index is 1360. The number of fused-ring (bicyclic) bond motifs is 1. The number of carbonyl (C=O) groups is 1. The fourth-order valence-corrected chi connectivity index (χ4v) is 4.34. The molecule has 0 radical (unpaired) electrons. The summed E-state index contributed by atoms with van der Waals surface area (Å²) in [5, 5.41) is 13.6. The van der Waals surface area contributed by atoms with Crippen LogP contribution in [0.2, 0.25) is 0 Å². The quantitative estimate of drug-likeness (QED) is 0.145. The molecule has 216 valence electrons. The first kappa shape index (κ1) is 29.7. The van der Waals surface area contributed by atoms with Crippen LogP contribution in [0.1, 0.15) is 12.0 Å². The zero-order chi connectivity index (χ0) is 28.9. The van der Waals surface area contributed by atoms with Gasteiger partial charge in [0.05, 0.1) is 40.6 Å². The van der Waals surface area contributed by atoms with Gasteiger partial charge in [-0.05, 0) is 65.4 Å². The van der Waals surface area contributed by atoms with E-state index in [1.165, 1.54) is 0 Å². The molecule has 1 fully saturated rings. The highest BCUT2D eigenvalue weighted by molar-refractivity contribution is 5.95. The average molecular weight is 561 g/mol. The normalized spacial score (nSPS) is 12.9. The summed E-state index contributed by atoms with van der Waals surface area (Å²) in [6.07, 6.45) is 0.799. The van der Waals surface area contributed by atoms with Crippen molar-refractivity contribution in [3.63, 3.8) is 0 Å². The Morgan fingerprint density at radius 2 is 1.56 bits per heavy atom. The number of methoxy groups -OCH3 is 2. The van der Waals surface area contributed by atoms with Crippen molar-refractivity contribution in [3.8, 4) is 23.0 Å². The van der Waals surface area contributed by atoms with Crippen molar-refractivity contribution in [2.24, 2.45) is 0 Å². The summed E-state index contributed by atoms with van der Waals surface area (Å²) in [5.74, 6) is 2.95. The molecule has 0 aromatic heterocycles. The minimum Gasteiger partial charge on any atom is -0.497 e. The van der Waals surface area contributed by atoms with Crippen molar-refractivity contribution in [2.75, 3.05) is 52.0 Å². The number of hydrogen-bond acceptors (Lipinski definition) is 8. The Morgan fingerprint density at radius 1 is 0.829 bits per heavy atom. The minimum atomic E-state index is 0.0992. The van der Waals surface area contributed by atoms with Crippen molar-refractivity contribution < 1.29 is 33.9 Å². The number of piperazine rings is 1. The van der Waals surface area contributed by atoms with E-state index in [1.807, 2.05) is 72.8 Å². The molecule has 0 aliphatic carbocycles. The summed E-state index contributed by atoms with van der Waals surface area (Å²) >= 11 is 0. The monoisotopic (exact) mass is 560 g/mol. The van der Waals surface area contributed by atoms with Crippen LogP contribution in [0.3, 0.4) is 0 Å². The van der Waals surface area contributed by atoms with E-state index in [0.29, 0.717) is 38.7 Å². The molecule has 9 heteroatoms. The van der Waals surface area contributed by atoms with Gasteiger partial charge in [-0.25, -0.2) is 5.26 Å². The van der Waals surface area contributed by atoms with E-state index in [0.717, 1.165) is 52.2 Å². The molecule has 9 nitrogen and oxygen atoms in total. The predicted molar refractivity (Wildman–Crippen MR) is 158 cm³/mol. The smallest absolute Gasteiger partial charge is 0.240 e. The van der Waals surface area contributed by atoms with Gasteiger partial charge in [-0.15, -0.1) is 0 Å². The second kappa shape index (κ2) is 15.5. The van der Waals surface area contributed by atoms with E-state index >= 15 is 0 Å². The fourth-order valence-electron chi connectivity index (χ4n) is 4.34. The van der Waals surface area contributed by atoms with Gasteiger partial charge >= 0.3 is 0 Å². The average Bonchev–Trinajstić information content (AvgIpc) is 3.03. The van der Waals surface area contributed by atoms with E-state index < -0.39 is 0 Å². The first-order chi connectivity index (χ1) is 20.1. The predicted octanol–water partition coefficient (Wildman–Crippen LogP) is 5.32. The van der Waals surface area contributed by atoms with Crippen molar-refractivity contribution in [1.82, 2.24) is 5.32 Å². The molecule has 4 aromatic carbocycles. The second-order valence-electron chi connectivity index (χ2n) is 9.25. The molecule has 0 unspecified atom stereocenters. The van der Waals surface area contributed by atoms with Gasteiger partial charge in [0.25, 0.3) is 0 Å². The van der Waals surface area contributed by atoms with Gasteiger partial charge in [-0.2, -0.15) is 0 Å². The Balaban J connectivity index is 0.000000231. The molecule has 0 bridgehead atoms. The lowest BCUT2D eigenvalue weighted by Gasteiger charge is -2.27. The van der Waals surface area contributed by atoms with Crippen LogP contribution < -0.4 is 29.3 Å². The number of rotatable bonds is 11. The van der Waals surface area contributed by atoms with E-state index in [9.17, 15) is 4.79 Å². The van der Waals surface area contributed by atoms with Crippen molar-refractivity contribution in [1.29, 1.82) is 0 Å². The molecule has 41 heavy (non-hydrogen) atoms. The Hall–Kier alpha value is -4.31. The van der Waals surface area contributed by atoms with Crippen molar-refractivity contribution in [3.05, 3.63) is 90.5 Å². The number of amides is 1. The SMILES string of the molecule is COc1ccc2ccc(OO)cc2c1.COc1ccccc1COCCCOc1ccc(N2CCNCC2=O)cc1. The zero-order valence-corrected chi connectivity index (χ0v) is 23.4. The maximum atomic E-state index is 11.9. The maximum absolute atomic E-state index is 11.9. The number of nitrogens with zero attached hydrogens (tertiary/aromatic N) is 1. The van der Waals surface area contributed by atoms with Gasteiger partial charge in [-0.3, -0.25) is 4.79 Å². The van der Waals surface area contributed by atoms with Crippen LogP contribution in [0.4, 0.5) is 5.69 Å². The van der Waals surface area contributed by atoms with Crippen LogP contribution in [0, 0.1) is 0 Å². The third kappa shape index (κ3) is 8.59. The van der Waals surface area contributed by atoms with E-state index in [4.69, 9.17) is 24.2 Å². The molecule has 1 aliphatic rings. The van der Waals surface area contributed by atoms with Gasteiger partial charge in [0, 0.05) is 30.8 Å². The van der Waals surface area contributed by atoms with E-state index in [1.54, 1.807) is 31.3 Å². The standard InChI is InChI=1S/C21H26N2O4.C11H10O3/c1-25-20-6-3-2-5-17(20)16-26-13-4-14-27-19-9-7-18(8-10-19)23-12-11-22-15-21(23)24;1-13-10-4-2-8-3-5-11(14-12)7-9(8)6-10/h2-3,5-10,22H,4,11-16H2,1H3;2-7,12H,1H3. The summed E-state index contributed by atoms with van der Waals surface area (Å²) in [5.41, 5.74) is 1.95. The summed E-state index contributed by atoms with van der Waals surface area (Å²) in [6.45, 7) is 3.63. The minimum absolute atomic E-state index is 0.0992. The molecule has 1 saturated heterocycles. The van der Waals surface area contributed by atoms with Crippen molar-refractivity contribution in [2.45, 2.75) is 13.0 Å².